The van der Waals surface area contributed by atoms with E-state index in [1.807, 2.05) is 33.8 Å². The van der Waals surface area contributed by atoms with Crippen molar-refractivity contribution < 1.29 is 22.7 Å². The largest absolute Gasteiger partial charge is 0.460 e. The van der Waals surface area contributed by atoms with Crippen molar-refractivity contribution in [2.45, 2.75) is 34.3 Å². The predicted octanol–water partition coefficient (Wildman–Crippen LogP) is 5.04. The minimum absolute atomic E-state index is 0.0320. The summed E-state index contributed by atoms with van der Waals surface area (Å²) in [5.74, 6) is -4.63. The molecule has 0 bridgehead atoms. The first-order valence-electron chi connectivity index (χ1n) is 7.21. The van der Waals surface area contributed by atoms with E-state index >= 15 is 0 Å². The topological polar surface area (TPSA) is 26.3 Å². The van der Waals surface area contributed by atoms with Crippen molar-refractivity contribution in [3.8, 4) is 0 Å². The SMILES string of the molecule is CC(C)=CC1C(C(=O)OCc2c(F)c(F)cc(F)c2Cl)C1(C)C. The highest BCUT2D eigenvalue weighted by Crippen LogP contribution is 2.59. The van der Waals surface area contributed by atoms with Crippen LogP contribution in [0.1, 0.15) is 33.3 Å². The van der Waals surface area contributed by atoms with Crippen LogP contribution in [0.4, 0.5) is 13.2 Å². The molecule has 1 saturated carbocycles. The summed E-state index contributed by atoms with van der Waals surface area (Å²) in [5.41, 5.74) is 0.332. The minimum Gasteiger partial charge on any atom is -0.460 e. The molecule has 1 aromatic carbocycles. The number of hydrogen-bond acceptors (Lipinski definition) is 2. The van der Waals surface area contributed by atoms with Crippen LogP contribution in [0, 0.1) is 34.7 Å². The molecule has 23 heavy (non-hydrogen) atoms. The molecular formula is C17H18ClF3O2. The average molecular weight is 347 g/mol. The number of carbonyl (C=O) groups is 1. The molecule has 0 radical (unpaired) electrons. The van der Waals surface area contributed by atoms with E-state index in [0.29, 0.717) is 6.07 Å². The Hall–Kier alpha value is -1.49. The zero-order valence-corrected chi connectivity index (χ0v) is 14.1. The van der Waals surface area contributed by atoms with Crippen LogP contribution in [0.5, 0.6) is 0 Å². The molecule has 2 rings (SSSR count). The lowest BCUT2D eigenvalue weighted by Gasteiger charge is -2.09. The summed E-state index contributed by atoms with van der Waals surface area (Å²) in [5, 5.41) is -0.576. The Balaban J connectivity index is 2.11. The smallest absolute Gasteiger partial charge is 0.310 e. The second kappa shape index (κ2) is 6.19. The lowest BCUT2D eigenvalue weighted by Crippen LogP contribution is -2.12. The van der Waals surface area contributed by atoms with Gasteiger partial charge in [-0.2, -0.15) is 0 Å². The molecule has 2 unspecified atom stereocenters. The normalized spacial score (nSPS) is 21.7. The third kappa shape index (κ3) is 3.39. The molecule has 0 spiro atoms. The maximum absolute atomic E-state index is 13.7. The van der Waals surface area contributed by atoms with Crippen molar-refractivity contribution in [3.63, 3.8) is 0 Å². The molecule has 1 aliphatic rings. The number of esters is 1. The van der Waals surface area contributed by atoms with Gasteiger partial charge in [0.05, 0.1) is 10.9 Å². The van der Waals surface area contributed by atoms with Gasteiger partial charge in [-0.1, -0.05) is 37.1 Å². The standard InChI is InChI=1S/C17H18ClF3O2/c1-8(2)5-10-13(17(10,3)4)16(22)23-7-9-14(18)11(19)6-12(20)15(9)21/h5-6,10,13H,7H2,1-4H3. The minimum atomic E-state index is -1.37. The van der Waals surface area contributed by atoms with Gasteiger partial charge in [0, 0.05) is 11.6 Å². The number of rotatable bonds is 4. The van der Waals surface area contributed by atoms with Crippen molar-refractivity contribution >= 4 is 17.6 Å². The molecule has 2 nitrogen and oxygen atoms in total. The van der Waals surface area contributed by atoms with E-state index in [1.54, 1.807) is 0 Å². The summed E-state index contributed by atoms with van der Waals surface area (Å²) >= 11 is 5.62. The number of benzene rings is 1. The van der Waals surface area contributed by atoms with Gasteiger partial charge >= 0.3 is 5.97 Å². The Morgan fingerprint density at radius 1 is 1.30 bits per heavy atom. The van der Waals surface area contributed by atoms with E-state index in [0.717, 1.165) is 5.57 Å². The van der Waals surface area contributed by atoms with Gasteiger partial charge in [-0.25, -0.2) is 13.2 Å². The van der Waals surface area contributed by atoms with Crippen LogP contribution < -0.4 is 0 Å². The Kier molecular flexibility index (Phi) is 4.81. The maximum atomic E-state index is 13.7. The van der Waals surface area contributed by atoms with E-state index in [4.69, 9.17) is 16.3 Å². The first-order valence-corrected chi connectivity index (χ1v) is 7.58. The third-order valence-electron chi connectivity index (χ3n) is 4.24. The highest BCUT2D eigenvalue weighted by molar-refractivity contribution is 6.31. The van der Waals surface area contributed by atoms with Gasteiger partial charge in [-0.05, 0) is 25.2 Å². The van der Waals surface area contributed by atoms with Crippen molar-refractivity contribution in [2.75, 3.05) is 0 Å². The summed E-state index contributed by atoms with van der Waals surface area (Å²) in [6, 6.07) is 0.359. The van der Waals surface area contributed by atoms with Crippen molar-refractivity contribution in [3.05, 3.63) is 45.8 Å². The molecular weight excluding hydrogens is 329 g/mol. The molecule has 6 heteroatoms. The molecule has 0 heterocycles. The summed E-state index contributed by atoms with van der Waals surface area (Å²) in [7, 11) is 0. The first kappa shape index (κ1) is 17.9. The van der Waals surface area contributed by atoms with Gasteiger partial charge in [0.25, 0.3) is 0 Å². The monoisotopic (exact) mass is 346 g/mol. The summed E-state index contributed by atoms with van der Waals surface area (Å²) in [6.07, 6.45) is 1.99. The van der Waals surface area contributed by atoms with Crippen molar-refractivity contribution in [2.24, 2.45) is 17.3 Å². The van der Waals surface area contributed by atoms with Crippen molar-refractivity contribution in [1.82, 2.24) is 0 Å². The van der Waals surface area contributed by atoms with Crippen molar-refractivity contribution in [1.29, 1.82) is 0 Å². The molecule has 0 saturated heterocycles. The quantitative estimate of drug-likeness (QED) is 0.434. The van der Waals surface area contributed by atoms with Gasteiger partial charge in [0.15, 0.2) is 11.6 Å². The summed E-state index contributed by atoms with van der Waals surface area (Å²) < 4.78 is 45.3. The van der Waals surface area contributed by atoms with Crippen LogP contribution in [0.15, 0.2) is 17.7 Å². The number of carbonyl (C=O) groups excluding carboxylic acids is 1. The highest BCUT2D eigenvalue weighted by atomic mass is 35.5. The van der Waals surface area contributed by atoms with Gasteiger partial charge < -0.3 is 4.74 Å². The fraction of sp³-hybridized carbons (Fsp3) is 0.471. The van der Waals surface area contributed by atoms with E-state index in [9.17, 15) is 18.0 Å². The predicted molar refractivity (Wildman–Crippen MR) is 81.3 cm³/mol. The number of ether oxygens (including phenoxy) is 1. The molecule has 1 aromatic rings. The second-order valence-electron chi connectivity index (χ2n) is 6.62. The average Bonchev–Trinajstić information content (AvgIpc) is 2.96. The Morgan fingerprint density at radius 2 is 1.91 bits per heavy atom. The first-order chi connectivity index (χ1) is 10.6. The maximum Gasteiger partial charge on any atom is 0.310 e. The zero-order valence-electron chi connectivity index (χ0n) is 13.3. The van der Waals surface area contributed by atoms with Crippen LogP contribution in [-0.2, 0) is 16.1 Å². The Labute approximate surface area is 138 Å². The lowest BCUT2D eigenvalue weighted by molar-refractivity contribution is -0.147. The van der Waals surface area contributed by atoms with Crippen LogP contribution >= 0.6 is 11.6 Å². The van der Waals surface area contributed by atoms with E-state index in [-0.39, 0.29) is 17.3 Å². The van der Waals surface area contributed by atoms with Gasteiger partial charge in [0.1, 0.15) is 12.4 Å². The van der Waals surface area contributed by atoms with E-state index < -0.39 is 40.6 Å². The molecule has 0 amide bonds. The third-order valence-corrected chi connectivity index (χ3v) is 4.65. The lowest BCUT2D eigenvalue weighted by atomic mass is 10.1. The van der Waals surface area contributed by atoms with Gasteiger partial charge in [-0.15, -0.1) is 0 Å². The Bertz CT molecular complexity index is 653. The molecule has 126 valence electrons. The summed E-state index contributed by atoms with van der Waals surface area (Å²) in [6.45, 7) is 7.12. The zero-order chi connectivity index (χ0) is 17.5. The van der Waals surface area contributed by atoms with Crippen LogP contribution in [-0.4, -0.2) is 5.97 Å². The highest BCUT2D eigenvalue weighted by Gasteiger charge is 2.61. The molecule has 0 aromatic heterocycles. The molecule has 0 aliphatic heterocycles. The second-order valence-corrected chi connectivity index (χ2v) is 7.00. The summed E-state index contributed by atoms with van der Waals surface area (Å²) in [4.78, 5) is 12.2. The molecule has 0 N–H and O–H groups in total. The van der Waals surface area contributed by atoms with E-state index in [2.05, 4.69) is 0 Å². The molecule has 2 atom stereocenters. The van der Waals surface area contributed by atoms with Gasteiger partial charge in [0.2, 0.25) is 0 Å². The number of halogens is 4. The number of hydrogen-bond donors (Lipinski definition) is 0. The van der Waals surface area contributed by atoms with Crippen LogP contribution in [0.25, 0.3) is 0 Å². The fourth-order valence-corrected chi connectivity index (χ4v) is 2.97. The number of allylic oxidation sites excluding steroid dienone is 2. The van der Waals surface area contributed by atoms with Crippen LogP contribution in [0.3, 0.4) is 0 Å². The molecule has 1 fully saturated rings. The fourth-order valence-electron chi connectivity index (χ4n) is 2.78. The van der Waals surface area contributed by atoms with E-state index in [1.165, 1.54) is 0 Å². The molecule has 1 aliphatic carbocycles. The van der Waals surface area contributed by atoms with Gasteiger partial charge in [-0.3, -0.25) is 4.79 Å². The van der Waals surface area contributed by atoms with Crippen LogP contribution in [0.2, 0.25) is 5.02 Å². The Morgan fingerprint density at radius 3 is 2.48 bits per heavy atom.